The summed E-state index contributed by atoms with van der Waals surface area (Å²) in [7, 11) is -3.74. The average Bonchev–Trinajstić information content (AvgIpc) is 2.61. The molecule has 1 aliphatic carbocycles. The van der Waals surface area contributed by atoms with E-state index >= 15 is 0 Å². The minimum Gasteiger partial charge on any atom is -0.374 e. The van der Waals surface area contributed by atoms with Gasteiger partial charge in [-0.25, -0.2) is 13.6 Å². The van der Waals surface area contributed by atoms with Crippen molar-refractivity contribution in [1.29, 1.82) is 0 Å². The van der Waals surface area contributed by atoms with Gasteiger partial charge in [-0.15, -0.1) is 0 Å². The number of carbonyl (C=O) groups is 1. The van der Waals surface area contributed by atoms with Crippen molar-refractivity contribution in [3.8, 4) is 0 Å². The van der Waals surface area contributed by atoms with E-state index in [4.69, 9.17) is 5.14 Å². The molecule has 0 bridgehead atoms. The van der Waals surface area contributed by atoms with Gasteiger partial charge in [-0.1, -0.05) is 12.1 Å². The van der Waals surface area contributed by atoms with E-state index in [1.807, 2.05) is 12.1 Å². The van der Waals surface area contributed by atoms with Crippen LogP contribution < -0.4 is 15.8 Å². The van der Waals surface area contributed by atoms with Gasteiger partial charge >= 0.3 is 0 Å². The highest BCUT2D eigenvalue weighted by atomic mass is 32.2. The van der Waals surface area contributed by atoms with Gasteiger partial charge in [0, 0.05) is 11.4 Å². The van der Waals surface area contributed by atoms with Gasteiger partial charge in [0.2, 0.25) is 15.9 Å². The molecule has 2 aromatic carbocycles. The zero-order chi connectivity index (χ0) is 18.7. The normalized spacial score (nSPS) is 15.0. The molecule has 1 atom stereocenters. The Bertz CT molecular complexity index is 908. The largest absolute Gasteiger partial charge is 0.374 e. The van der Waals surface area contributed by atoms with Crippen LogP contribution >= 0.6 is 0 Å². The van der Waals surface area contributed by atoms with Crippen molar-refractivity contribution in [2.45, 2.75) is 43.5 Å². The molecular weight excluding hydrogens is 350 g/mol. The molecule has 0 spiro atoms. The Morgan fingerprint density at radius 3 is 2.46 bits per heavy atom. The number of primary sulfonamides is 1. The molecule has 6 nitrogen and oxygen atoms in total. The number of nitrogens with one attached hydrogen (secondary N) is 2. The zero-order valence-electron chi connectivity index (χ0n) is 14.7. The number of carbonyl (C=O) groups excluding carboxylic acids is 1. The van der Waals surface area contributed by atoms with E-state index in [0.717, 1.165) is 18.5 Å². The van der Waals surface area contributed by atoms with Crippen molar-refractivity contribution < 1.29 is 13.2 Å². The van der Waals surface area contributed by atoms with Crippen LogP contribution in [-0.4, -0.2) is 20.4 Å². The summed E-state index contributed by atoms with van der Waals surface area (Å²) in [6.45, 7) is 1.80. The molecule has 138 valence electrons. The van der Waals surface area contributed by atoms with E-state index in [-0.39, 0.29) is 10.8 Å². The van der Waals surface area contributed by atoms with Crippen molar-refractivity contribution in [2.24, 2.45) is 5.14 Å². The molecule has 0 aliphatic heterocycles. The molecule has 0 aromatic heterocycles. The molecule has 1 amide bonds. The second kappa shape index (κ2) is 7.47. The topological polar surface area (TPSA) is 101 Å². The summed E-state index contributed by atoms with van der Waals surface area (Å²) >= 11 is 0. The van der Waals surface area contributed by atoms with Crippen LogP contribution in [0.1, 0.15) is 30.9 Å². The highest BCUT2D eigenvalue weighted by Gasteiger charge is 2.18. The molecule has 0 saturated heterocycles. The Hall–Kier alpha value is -2.38. The van der Waals surface area contributed by atoms with Crippen LogP contribution in [0, 0.1) is 0 Å². The van der Waals surface area contributed by atoms with Gasteiger partial charge < -0.3 is 10.6 Å². The number of benzene rings is 2. The van der Waals surface area contributed by atoms with Crippen molar-refractivity contribution in [1.82, 2.24) is 0 Å². The van der Waals surface area contributed by atoms with Gasteiger partial charge in [0.25, 0.3) is 0 Å². The molecule has 26 heavy (non-hydrogen) atoms. The summed E-state index contributed by atoms with van der Waals surface area (Å²) < 4.78 is 22.6. The quantitative estimate of drug-likeness (QED) is 0.750. The Kier molecular flexibility index (Phi) is 5.29. The number of anilines is 2. The van der Waals surface area contributed by atoms with Crippen LogP contribution in [0.15, 0.2) is 47.4 Å². The van der Waals surface area contributed by atoms with Crippen LogP contribution in [0.3, 0.4) is 0 Å². The summed E-state index contributed by atoms with van der Waals surface area (Å²) in [4.78, 5) is 12.5. The van der Waals surface area contributed by atoms with Crippen molar-refractivity contribution in [3.05, 3.63) is 53.6 Å². The number of aryl methyl sites for hydroxylation is 1. The van der Waals surface area contributed by atoms with E-state index in [2.05, 4.69) is 16.7 Å². The lowest BCUT2D eigenvalue weighted by atomic mass is 9.90. The monoisotopic (exact) mass is 373 g/mol. The summed E-state index contributed by atoms with van der Waals surface area (Å²) in [6, 6.07) is 11.5. The smallest absolute Gasteiger partial charge is 0.246 e. The molecule has 7 heteroatoms. The van der Waals surface area contributed by atoms with E-state index < -0.39 is 16.1 Å². The first-order valence-electron chi connectivity index (χ1n) is 8.65. The fraction of sp³-hybridized carbons (Fsp3) is 0.316. The zero-order valence-corrected chi connectivity index (χ0v) is 15.5. The second-order valence-electron chi connectivity index (χ2n) is 6.58. The minimum absolute atomic E-state index is 0.0117. The Morgan fingerprint density at radius 2 is 1.77 bits per heavy atom. The highest BCUT2D eigenvalue weighted by Crippen LogP contribution is 2.28. The number of nitrogens with two attached hydrogens (primary N) is 1. The number of hydrogen-bond donors (Lipinski definition) is 3. The van der Waals surface area contributed by atoms with Crippen LogP contribution in [0.25, 0.3) is 0 Å². The van der Waals surface area contributed by atoms with Gasteiger partial charge in [-0.05, 0) is 74.1 Å². The lowest BCUT2D eigenvalue weighted by Gasteiger charge is -2.22. The van der Waals surface area contributed by atoms with Gasteiger partial charge in [-0.2, -0.15) is 0 Å². The number of amides is 1. The molecule has 3 rings (SSSR count). The van der Waals surface area contributed by atoms with E-state index in [9.17, 15) is 13.2 Å². The predicted molar refractivity (Wildman–Crippen MR) is 103 cm³/mol. The van der Waals surface area contributed by atoms with Crippen LogP contribution in [0.5, 0.6) is 0 Å². The van der Waals surface area contributed by atoms with E-state index in [1.165, 1.54) is 48.2 Å². The molecule has 4 N–H and O–H groups in total. The van der Waals surface area contributed by atoms with Crippen LogP contribution in [0.2, 0.25) is 0 Å². The molecule has 0 radical (unpaired) electrons. The lowest BCUT2D eigenvalue weighted by Crippen LogP contribution is -2.32. The standard InChI is InChI=1S/C19H23N3O3S/c1-13(21-18-8-4-6-14-5-2-3-7-17(14)18)19(23)22-15-9-11-16(12-10-15)26(20,24)25/h4,6,8-13,21H,2-3,5,7H2,1H3,(H,22,23)(H2,20,24,25)/t13-/m1/s1. The van der Waals surface area contributed by atoms with E-state index in [0.29, 0.717) is 5.69 Å². The van der Waals surface area contributed by atoms with Gasteiger partial charge in [0.05, 0.1) is 4.90 Å². The first-order chi connectivity index (χ1) is 12.3. The van der Waals surface area contributed by atoms with Crippen molar-refractivity contribution in [2.75, 3.05) is 10.6 Å². The summed E-state index contributed by atoms with van der Waals surface area (Å²) in [5, 5.41) is 11.2. The molecular formula is C19H23N3O3S. The highest BCUT2D eigenvalue weighted by molar-refractivity contribution is 7.89. The maximum Gasteiger partial charge on any atom is 0.246 e. The van der Waals surface area contributed by atoms with Gasteiger partial charge in [0.1, 0.15) is 6.04 Å². The van der Waals surface area contributed by atoms with Gasteiger partial charge in [-0.3, -0.25) is 4.79 Å². The number of hydrogen-bond acceptors (Lipinski definition) is 4. The summed E-state index contributed by atoms with van der Waals surface area (Å²) in [6.07, 6.45) is 4.49. The first kappa shape index (κ1) is 18.4. The Morgan fingerprint density at radius 1 is 1.08 bits per heavy atom. The third kappa shape index (κ3) is 4.23. The minimum atomic E-state index is -3.74. The van der Waals surface area contributed by atoms with Crippen molar-refractivity contribution in [3.63, 3.8) is 0 Å². The maximum atomic E-state index is 12.5. The SMILES string of the molecule is C[C@@H](Nc1cccc2c1CCCC2)C(=O)Nc1ccc(S(N)(=O)=O)cc1. The fourth-order valence-corrected chi connectivity index (χ4v) is 3.71. The first-order valence-corrected chi connectivity index (χ1v) is 10.2. The van der Waals surface area contributed by atoms with Crippen molar-refractivity contribution >= 4 is 27.3 Å². The molecule has 0 saturated carbocycles. The molecule has 0 heterocycles. The molecule has 0 fully saturated rings. The Balaban J connectivity index is 1.67. The number of rotatable bonds is 5. The molecule has 2 aromatic rings. The molecule has 0 unspecified atom stereocenters. The Labute approximate surface area is 153 Å². The van der Waals surface area contributed by atoms with E-state index in [1.54, 1.807) is 6.92 Å². The summed E-state index contributed by atoms with van der Waals surface area (Å²) in [5.41, 5.74) is 4.18. The third-order valence-corrected chi connectivity index (χ3v) is 5.54. The fourth-order valence-electron chi connectivity index (χ4n) is 3.19. The molecule has 1 aliphatic rings. The maximum absolute atomic E-state index is 12.5. The van der Waals surface area contributed by atoms with Crippen LogP contribution in [0.4, 0.5) is 11.4 Å². The summed E-state index contributed by atoms with van der Waals surface area (Å²) in [5.74, 6) is -0.193. The third-order valence-electron chi connectivity index (χ3n) is 4.61. The average molecular weight is 373 g/mol. The van der Waals surface area contributed by atoms with Crippen LogP contribution in [-0.2, 0) is 27.7 Å². The number of fused-ring (bicyclic) bond motifs is 1. The predicted octanol–water partition coefficient (Wildman–Crippen LogP) is 2.65. The van der Waals surface area contributed by atoms with Gasteiger partial charge in [0.15, 0.2) is 0 Å². The number of sulfonamides is 1. The second-order valence-corrected chi connectivity index (χ2v) is 8.14. The lowest BCUT2D eigenvalue weighted by molar-refractivity contribution is -0.116.